The van der Waals surface area contributed by atoms with Crippen LogP contribution < -0.4 is 0 Å². The van der Waals surface area contributed by atoms with Crippen molar-refractivity contribution in [2.24, 2.45) is 0 Å². The van der Waals surface area contributed by atoms with Crippen molar-refractivity contribution >= 4 is 36.6 Å². The molecule has 0 saturated heterocycles. The highest BCUT2D eigenvalue weighted by molar-refractivity contribution is 8.12. The van der Waals surface area contributed by atoms with Crippen molar-refractivity contribution in [2.75, 3.05) is 0 Å². The van der Waals surface area contributed by atoms with Crippen LogP contribution in [0.4, 0.5) is 26.3 Å². The number of hydrogen-bond acceptors (Lipinski definition) is 5. The monoisotopic (exact) mass is 456 g/mol. The van der Waals surface area contributed by atoms with Crippen LogP contribution in [0.5, 0.6) is 0 Å². The van der Waals surface area contributed by atoms with Crippen LogP contribution >= 0.6 is 11.3 Å². The number of halogens is 6. The Morgan fingerprint density at radius 1 is 1.04 bits per heavy atom. The highest BCUT2D eigenvalue weighted by Gasteiger charge is 2.77. The van der Waals surface area contributed by atoms with Gasteiger partial charge in [0, 0.05) is 16.9 Å². The quantitative estimate of drug-likeness (QED) is 0.584. The first-order valence-corrected chi connectivity index (χ1v) is 11.4. The average molecular weight is 456 g/mol. The number of alkyl halides is 6. The van der Waals surface area contributed by atoms with Crippen molar-refractivity contribution in [3.05, 3.63) is 28.0 Å². The predicted molar refractivity (Wildman–Crippen MR) is 88.1 cm³/mol. The number of hydrogen-bond donors (Lipinski definition) is 0. The predicted octanol–water partition coefficient (Wildman–Crippen LogP) is 4.66. The van der Waals surface area contributed by atoms with Crippen LogP contribution in [0.1, 0.15) is 37.5 Å². The highest BCUT2D eigenvalue weighted by Crippen LogP contribution is 2.61. The molecule has 0 unspecified atom stereocenters. The topological polar surface area (TPSA) is 68.3 Å². The van der Waals surface area contributed by atoms with E-state index in [0.717, 1.165) is 6.07 Å². The maximum atomic E-state index is 13.2. The Balaban J connectivity index is 2.90. The second kappa shape index (κ2) is 6.76. The van der Waals surface area contributed by atoms with E-state index >= 15 is 0 Å². The summed E-state index contributed by atoms with van der Waals surface area (Å²) in [5, 5.41) is 1.31. The zero-order valence-electron chi connectivity index (χ0n) is 13.7. The van der Waals surface area contributed by atoms with Crippen LogP contribution in [0.15, 0.2) is 23.1 Å². The van der Waals surface area contributed by atoms with Gasteiger partial charge in [-0.15, -0.1) is 11.3 Å². The second-order valence-corrected chi connectivity index (χ2v) is 11.4. The molecule has 1 heterocycles. The molecule has 0 radical (unpaired) electrons. The molecule has 0 spiro atoms. The molecule has 1 aliphatic carbocycles. The molecule has 0 amide bonds. The van der Waals surface area contributed by atoms with Gasteiger partial charge in [-0.1, -0.05) is 25.0 Å². The van der Waals surface area contributed by atoms with Gasteiger partial charge in [-0.2, -0.15) is 26.3 Å². The van der Waals surface area contributed by atoms with Crippen molar-refractivity contribution in [3.63, 3.8) is 0 Å². The summed E-state index contributed by atoms with van der Waals surface area (Å²) in [6, 6.07) is 2.39. The van der Waals surface area contributed by atoms with Gasteiger partial charge in [0.05, 0.1) is 0 Å². The average Bonchev–Trinajstić information content (AvgIpc) is 2.96. The smallest absolute Gasteiger partial charge is 0.217 e. The molecule has 0 bridgehead atoms. The van der Waals surface area contributed by atoms with Crippen LogP contribution in [0.25, 0.3) is 5.57 Å². The maximum absolute atomic E-state index is 13.2. The van der Waals surface area contributed by atoms with Crippen LogP contribution in [-0.2, 0) is 19.7 Å². The molecule has 0 aliphatic heterocycles. The fourth-order valence-electron chi connectivity index (χ4n) is 2.98. The lowest BCUT2D eigenvalue weighted by Gasteiger charge is -2.44. The van der Waals surface area contributed by atoms with Gasteiger partial charge in [0.1, 0.15) is 0 Å². The van der Waals surface area contributed by atoms with Gasteiger partial charge in [-0.05, 0) is 24.3 Å². The van der Waals surface area contributed by atoms with Crippen LogP contribution in [0.3, 0.4) is 0 Å². The summed E-state index contributed by atoms with van der Waals surface area (Å²) in [6.45, 7) is 1.72. The minimum atomic E-state index is -6.73. The fraction of sp³-hybridized carbons (Fsp3) is 0.571. The van der Waals surface area contributed by atoms with Crippen molar-refractivity contribution in [1.82, 2.24) is 0 Å². The molecule has 1 aromatic rings. The minimum absolute atomic E-state index is 0.00619. The standard InChI is InChI=1S/C14H14F6O4S3/c1-2-3-5-9-8-12(26(21,22)13(15,16)17,27(23,24)14(18,19)20)11(9)10-6-4-7-25-10/h4,6-7H,2-3,5,8H2,1H3. The van der Waals surface area contributed by atoms with Gasteiger partial charge in [-0.3, -0.25) is 0 Å². The van der Waals surface area contributed by atoms with Crippen LogP contribution in [0.2, 0.25) is 0 Å². The third kappa shape index (κ3) is 3.11. The first kappa shape index (κ1) is 22.2. The molecule has 0 saturated carbocycles. The first-order valence-electron chi connectivity index (χ1n) is 7.53. The summed E-state index contributed by atoms with van der Waals surface area (Å²) in [5.41, 5.74) is -13.3. The van der Waals surface area contributed by atoms with Gasteiger partial charge < -0.3 is 0 Å². The third-order valence-electron chi connectivity index (χ3n) is 4.26. The van der Waals surface area contributed by atoms with Crippen molar-refractivity contribution in [1.29, 1.82) is 0 Å². The van der Waals surface area contributed by atoms with E-state index in [4.69, 9.17) is 0 Å². The lowest BCUT2D eigenvalue weighted by Crippen LogP contribution is -2.60. The molecular formula is C14H14F6O4S3. The molecule has 27 heavy (non-hydrogen) atoms. The molecule has 13 heteroatoms. The Hall–Kier alpha value is -1.08. The van der Waals surface area contributed by atoms with Crippen molar-refractivity contribution < 1.29 is 43.2 Å². The highest BCUT2D eigenvalue weighted by atomic mass is 32.3. The Kier molecular flexibility index (Phi) is 5.56. The number of allylic oxidation sites excluding steroid dienone is 1. The summed E-state index contributed by atoms with van der Waals surface area (Å²) < 4.78 is 124. The Morgan fingerprint density at radius 2 is 1.56 bits per heavy atom. The SMILES string of the molecule is CCCCC1=C(c2cccs2)C(S(=O)(=O)C(F)(F)F)(S(=O)(=O)C(F)(F)F)C1. The van der Waals surface area contributed by atoms with Crippen molar-refractivity contribution in [2.45, 2.75) is 47.7 Å². The fourth-order valence-corrected chi connectivity index (χ4v) is 8.25. The number of rotatable bonds is 6. The Bertz CT molecular complexity index is 894. The molecule has 0 fully saturated rings. The first-order chi connectivity index (χ1) is 12.1. The summed E-state index contributed by atoms with van der Waals surface area (Å²) in [5.74, 6) is 0. The van der Waals surface area contributed by atoms with E-state index in [1.54, 1.807) is 6.92 Å². The van der Waals surface area contributed by atoms with Crippen molar-refractivity contribution in [3.8, 4) is 0 Å². The van der Waals surface area contributed by atoms with E-state index in [-0.39, 0.29) is 16.9 Å². The van der Waals surface area contributed by atoms with E-state index in [1.807, 2.05) is 0 Å². The van der Waals surface area contributed by atoms with E-state index in [9.17, 15) is 43.2 Å². The minimum Gasteiger partial charge on any atom is -0.217 e. The normalized spacial score (nSPS) is 18.5. The van der Waals surface area contributed by atoms with Gasteiger partial charge >= 0.3 is 11.0 Å². The summed E-state index contributed by atoms with van der Waals surface area (Å²) in [7, 11) is -13.5. The number of thiophene rings is 1. The molecule has 0 atom stereocenters. The molecule has 1 aromatic heterocycles. The molecule has 0 aromatic carbocycles. The summed E-state index contributed by atoms with van der Waals surface area (Å²) in [6.07, 6.45) is -0.458. The maximum Gasteiger partial charge on any atom is 0.499 e. The zero-order chi connectivity index (χ0) is 20.9. The van der Waals surface area contributed by atoms with Gasteiger partial charge in [-0.25, -0.2) is 16.8 Å². The molecule has 1 aliphatic rings. The lowest BCUT2D eigenvalue weighted by molar-refractivity contribution is -0.0485. The number of unbranched alkanes of at least 4 members (excludes halogenated alkanes) is 1. The Morgan fingerprint density at radius 3 is 1.93 bits per heavy atom. The van der Waals surface area contributed by atoms with E-state index in [0.29, 0.717) is 24.2 Å². The van der Waals surface area contributed by atoms with Gasteiger partial charge in [0.2, 0.25) is 4.08 Å². The zero-order valence-corrected chi connectivity index (χ0v) is 16.1. The van der Waals surface area contributed by atoms with Gasteiger partial charge in [0.25, 0.3) is 19.7 Å². The van der Waals surface area contributed by atoms with E-state index in [2.05, 4.69) is 0 Å². The molecule has 4 nitrogen and oxygen atoms in total. The molecule has 0 N–H and O–H groups in total. The lowest BCUT2D eigenvalue weighted by atomic mass is 9.83. The molecule has 2 rings (SSSR count). The second-order valence-electron chi connectivity index (χ2n) is 5.89. The summed E-state index contributed by atoms with van der Waals surface area (Å²) in [4.78, 5) is -0.243. The van der Waals surface area contributed by atoms with Crippen LogP contribution in [0, 0.1) is 0 Å². The molecule has 154 valence electrons. The summed E-state index contributed by atoms with van der Waals surface area (Å²) >= 11 is 0.678. The Labute approximate surface area is 155 Å². The van der Waals surface area contributed by atoms with Crippen LogP contribution in [-0.4, -0.2) is 31.9 Å². The van der Waals surface area contributed by atoms with E-state index in [1.165, 1.54) is 11.4 Å². The third-order valence-corrected chi connectivity index (χ3v) is 10.1. The molecular weight excluding hydrogens is 442 g/mol. The largest absolute Gasteiger partial charge is 0.499 e. The van der Waals surface area contributed by atoms with E-state index < -0.39 is 46.8 Å². The van der Waals surface area contributed by atoms with Gasteiger partial charge in [0.15, 0.2) is 0 Å². The number of sulfone groups is 2.